The molecule has 1 aromatic carbocycles. The molecule has 0 spiro atoms. The third-order valence-electron chi connectivity index (χ3n) is 5.36. The van der Waals surface area contributed by atoms with Gasteiger partial charge in [0.15, 0.2) is 0 Å². The van der Waals surface area contributed by atoms with Crippen LogP contribution in [0, 0.1) is 16.0 Å². The zero-order valence-corrected chi connectivity index (χ0v) is 14.0. The SMILES string of the molecule is C[C@H]1CCC[C@@H](N2CCN(Cc3cccc([N+](=O)[O-])c3)CC2)C1. The van der Waals surface area contributed by atoms with E-state index < -0.39 is 0 Å². The Kier molecular flexibility index (Phi) is 5.28. The van der Waals surface area contributed by atoms with Gasteiger partial charge in [-0.05, 0) is 24.3 Å². The second-order valence-corrected chi connectivity index (χ2v) is 7.16. The molecule has 0 unspecified atom stereocenters. The van der Waals surface area contributed by atoms with Gasteiger partial charge in [0.2, 0.25) is 0 Å². The minimum absolute atomic E-state index is 0.192. The van der Waals surface area contributed by atoms with Crippen LogP contribution >= 0.6 is 0 Å². The fourth-order valence-corrected chi connectivity index (χ4v) is 4.05. The van der Waals surface area contributed by atoms with Crippen molar-refractivity contribution in [1.82, 2.24) is 9.80 Å². The molecular weight excluding hydrogens is 290 g/mol. The molecule has 0 radical (unpaired) electrons. The smallest absolute Gasteiger partial charge is 0.269 e. The van der Waals surface area contributed by atoms with Crippen LogP contribution in [0.5, 0.6) is 0 Å². The van der Waals surface area contributed by atoms with E-state index >= 15 is 0 Å². The van der Waals surface area contributed by atoms with E-state index in [-0.39, 0.29) is 10.6 Å². The quantitative estimate of drug-likeness (QED) is 0.631. The third kappa shape index (κ3) is 4.30. The molecule has 5 heteroatoms. The molecule has 0 amide bonds. The lowest BCUT2D eigenvalue weighted by atomic mass is 9.86. The molecule has 1 aromatic rings. The van der Waals surface area contributed by atoms with E-state index in [0.717, 1.165) is 50.2 Å². The number of benzene rings is 1. The molecule has 3 rings (SSSR count). The molecule has 0 N–H and O–H groups in total. The summed E-state index contributed by atoms with van der Waals surface area (Å²) in [5.41, 5.74) is 1.23. The number of non-ortho nitro benzene ring substituents is 1. The molecule has 1 aliphatic heterocycles. The number of rotatable bonds is 4. The first kappa shape index (κ1) is 16.4. The van der Waals surface area contributed by atoms with E-state index in [1.54, 1.807) is 18.2 Å². The first-order valence-corrected chi connectivity index (χ1v) is 8.81. The Morgan fingerprint density at radius 2 is 2.00 bits per heavy atom. The summed E-state index contributed by atoms with van der Waals surface area (Å²) in [5, 5.41) is 10.9. The normalized spacial score (nSPS) is 27.0. The van der Waals surface area contributed by atoms with E-state index in [2.05, 4.69) is 16.7 Å². The summed E-state index contributed by atoms with van der Waals surface area (Å²) in [6.45, 7) is 7.58. The van der Waals surface area contributed by atoms with Gasteiger partial charge in [-0.3, -0.25) is 19.9 Å². The number of nitrogens with zero attached hydrogens (tertiary/aromatic N) is 3. The molecule has 2 fully saturated rings. The standard InChI is InChI=1S/C18H27N3O2/c1-15-4-2-6-17(12-15)20-10-8-19(9-11-20)14-16-5-3-7-18(13-16)21(22)23/h3,5,7,13,15,17H,2,4,6,8-12,14H2,1H3/t15-,17+/m0/s1. The lowest BCUT2D eigenvalue weighted by molar-refractivity contribution is -0.384. The predicted octanol–water partition coefficient (Wildman–Crippen LogP) is 3.29. The van der Waals surface area contributed by atoms with Crippen LogP contribution in [0.2, 0.25) is 0 Å². The molecule has 1 saturated heterocycles. The highest BCUT2D eigenvalue weighted by atomic mass is 16.6. The van der Waals surface area contributed by atoms with Crippen molar-refractivity contribution >= 4 is 5.69 Å². The Hall–Kier alpha value is -1.46. The molecule has 1 aliphatic carbocycles. The summed E-state index contributed by atoms with van der Waals surface area (Å²) < 4.78 is 0. The van der Waals surface area contributed by atoms with E-state index in [4.69, 9.17) is 0 Å². The van der Waals surface area contributed by atoms with E-state index in [1.165, 1.54) is 25.7 Å². The Morgan fingerprint density at radius 3 is 2.70 bits per heavy atom. The highest BCUT2D eigenvalue weighted by Gasteiger charge is 2.27. The highest BCUT2D eigenvalue weighted by Crippen LogP contribution is 2.28. The van der Waals surface area contributed by atoms with Crippen LogP contribution in [0.25, 0.3) is 0 Å². The summed E-state index contributed by atoms with van der Waals surface area (Å²) in [7, 11) is 0. The molecule has 1 heterocycles. The highest BCUT2D eigenvalue weighted by molar-refractivity contribution is 5.34. The predicted molar refractivity (Wildman–Crippen MR) is 91.4 cm³/mol. The molecule has 126 valence electrons. The first-order valence-electron chi connectivity index (χ1n) is 8.81. The molecular formula is C18H27N3O2. The van der Waals surface area contributed by atoms with Crippen molar-refractivity contribution < 1.29 is 4.92 Å². The Balaban J connectivity index is 1.51. The maximum atomic E-state index is 10.9. The van der Waals surface area contributed by atoms with Crippen molar-refractivity contribution in [3.8, 4) is 0 Å². The Labute approximate surface area is 138 Å². The fraction of sp³-hybridized carbons (Fsp3) is 0.667. The van der Waals surface area contributed by atoms with Crippen LogP contribution in [0.15, 0.2) is 24.3 Å². The van der Waals surface area contributed by atoms with Crippen LogP contribution in [-0.4, -0.2) is 46.9 Å². The molecule has 5 nitrogen and oxygen atoms in total. The zero-order chi connectivity index (χ0) is 16.2. The van der Waals surface area contributed by atoms with Gasteiger partial charge in [0.05, 0.1) is 4.92 Å². The number of piperazine rings is 1. The lowest BCUT2D eigenvalue weighted by Gasteiger charge is -2.42. The Morgan fingerprint density at radius 1 is 1.22 bits per heavy atom. The summed E-state index contributed by atoms with van der Waals surface area (Å²) in [6.07, 6.45) is 5.48. The van der Waals surface area contributed by atoms with E-state index in [9.17, 15) is 10.1 Å². The molecule has 2 aliphatic rings. The molecule has 23 heavy (non-hydrogen) atoms. The van der Waals surface area contributed by atoms with Gasteiger partial charge in [-0.15, -0.1) is 0 Å². The van der Waals surface area contributed by atoms with Gasteiger partial charge in [-0.2, -0.15) is 0 Å². The largest absolute Gasteiger partial charge is 0.298 e. The second-order valence-electron chi connectivity index (χ2n) is 7.16. The van der Waals surface area contributed by atoms with Gasteiger partial charge in [-0.25, -0.2) is 0 Å². The van der Waals surface area contributed by atoms with Crippen molar-refractivity contribution in [2.75, 3.05) is 26.2 Å². The summed E-state index contributed by atoms with van der Waals surface area (Å²) >= 11 is 0. The maximum Gasteiger partial charge on any atom is 0.269 e. The van der Waals surface area contributed by atoms with Crippen molar-refractivity contribution in [2.45, 2.75) is 45.2 Å². The van der Waals surface area contributed by atoms with Crippen molar-refractivity contribution in [2.24, 2.45) is 5.92 Å². The summed E-state index contributed by atoms with van der Waals surface area (Å²) in [6, 6.07) is 7.81. The summed E-state index contributed by atoms with van der Waals surface area (Å²) in [5.74, 6) is 0.872. The fourth-order valence-electron chi connectivity index (χ4n) is 4.05. The van der Waals surface area contributed by atoms with Gasteiger partial charge in [-0.1, -0.05) is 31.9 Å². The topological polar surface area (TPSA) is 49.6 Å². The lowest BCUT2D eigenvalue weighted by Crippen LogP contribution is -2.50. The number of hydrogen-bond acceptors (Lipinski definition) is 4. The maximum absolute atomic E-state index is 10.9. The number of nitro benzene ring substituents is 1. The monoisotopic (exact) mass is 317 g/mol. The van der Waals surface area contributed by atoms with Crippen LogP contribution in [-0.2, 0) is 6.54 Å². The van der Waals surface area contributed by atoms with Crippen LogP contribution in [0.4, 0.5) is 5.69 Å². The van der Waals surface area contributed by atoms with Gasteiger partial charge in [0, 0.05) is 50.9 Å². The summed E-state index contributed by atoms with van der Waals surface area (Å²) in [4.78, 5) is 15.6. The minimum Gasteiger partial charge on any atom is -0.298 e. The van der Waals surface area contributed by atoms with Crippen LogP contribution in [0.1, 0.15) is 38.2 Å². The zero-order valence-electron chi connectivity index (χ0n) is 14.0. The third-order valence-corrected chi connectivity index (χ3v) is 5.36. The van der Waals surface area contributed by atoms with E-state index in [0.29, 0.717) is 0 Å². The van der Waals surface area contributed by atoms with Crippen molar-refractivity contribution in [3.63, 3.8) is 0 Å². The first-order chi connectivity index (χ1) is 11.1. The minimum atomic E-state index is -0.314. The molecule has 0 bridgehead atoms. The molecule has 1 saturated carbocycles. The van der Waals surface area contributed by atoms with E-state index in [1.807, 2.05) is 6.07 Å². The average Bonchev–Trinajstić information content (AvgIpc) is 2.56. The van der Waals surface area contributed by atoms with Gasteiger partial charge < -0.3 is 0 Å². The van der Waals surface area contributed by atoms with Gasteiger partial charge in [0.1, 0.15) is 0 Å². The second kappa shape index (κ2) is 7.41. The number of hydrogen-bond donors (Lipinski definition) is 0. The molecule has 0 aromatic heterocycles. The van der Waals surface area contributed by atoms with Crippen LogP contribution in [0.3, 0.4) is 0 Å². The number of nitro groups is 1. The van der Waals surface area contributed by atoms with Gasteiger partial charge in [0.25, 0.3) is 5.69 Å². The van der Waals surface area contributed by atoms with Crippen LogP contribution < -0.4 is 0 Å². The average molecular weight is 317 g/mol. The van der Waals surface area contributed by atoms with Crippen molar-refractivity contribution in [3.05, 3.63) is 39.9 Å². The molecule has 2 atom stereocenters. The van der Waals surface area contributed by atoms with Gasteiger partial charge >= 0.3 is 0 Å². The Bertz CT molecular complexity index is 541. The van der Waals surface area contributed by atoms with Crippen molar-refractivity contribution in [1.29, 1.82) is 0 Å².